The van der Waals surface area contributed by atoms with E-state index in [2.05, 4.69) is 21.8 Å². The van der Waals surface area contributed by atoms with Gasteiger partial charge in [0.05, 0.1) is 23.6 Å². The maximum Gasteiger partial charge on any atom is 0.416 e. The fourth-order valence-corrected chi connectivity index (χ4v) is 4.66. The van der Waals surface area contributed by atoms with Crippen LogP contribution in [0.15, 0.2) is 30.5 Å². The van der Waals surface area contributed by atoms with Gasteiger partial charge in [0.25, 0.3) is 5.91 Å². The summed E-state index contributed by atoms with van der Waals surface area (Å²) in [5, 5.41) is 19.5. The van der Waals surface area contributed by atoms with Gasteiger partial charge in [-0.1, -0.05) is 0 Å². The molecule has 36 heavy (non-hydrogen) atoms. The van der Waals surface area contributed by atoms with Crippen molar-refractivity contribution in [2.24, 2.45) is 17.6 Å². The third kappa shape index (κ3) is 5.75. The van der Waals surface area contributed by atoms with Gasteiger partial charge in [-0.2, -0.15) is 36.7 Å². The van der Waals surface area contributed by atoms with Crippen molar-refractivity contribution in [3.05, 3.63) is 41.6 Å². The molecule has 0 spiro atoms. The van der Waals surface area contributed by atoms with Crippen LogP contribution in [0.1, 0.15) is 54.1 Å². The summed E-state index contributed by atoms with van der Waals surface area (Å²) in [4.78, 5) is 12.0. The number of carbonyl (C=O) groups is 1. The molecule has 2 aliphatic rings. The Kier molecular flexibility index (Phi) is 6.92. The highest BCUT2D eigenvalue weighted by Gasteiger charge is 2.50. The van der Waals surface area contributed by atoms with Crippen molar-refractivity contribution in [2.45, 2.75) is 62.6 Å². The van der Waals surface area contributed by atoms with Crippen LogP contribution in [0.3, 0.4) is 0 Å². The SMILES string of the molecule is N#C[C@H]1C[C@@H](N[C@H](C2CC2)C(F)(F)F)CC[C@@H]1n1cc(C(N)=O)c(Nc2ccc(C(F)(F)F)cc2)n1. The standard InChI is InChI=1S/C23H24F6N6O/c24-22(25,26)14-3-5-15(6-4-14)33-21-17(20(31)36)11-35(34-21)18-8-7-16(9-13(18)10-30)32-19(12-1-2-12)23(27,28)29/h3-6,11-13,16,18-19,32H,1-2,7-9H2,(H2,31,36)(H,33,34)/t13-,16+,18+,19-/m1/s1. The van der Waals surface area contributed by atoms with Crippen LogP contribution in [0.25, 0.3) is 0 Å². The van der Waals surface area contributed by atoms with Gasteiger partial charge < -0.3 is 16.4 Å². The molecule has 2 saturated carbocycles. The first-order valence-electron chi connectivity index (χ1n) is 11.4. The summed E-state index contributed by atoms with van der Waals surface area (Å²) in [6.45, 7) is 0. The lowest BCUT2D eigenvalue weighted by Gasteiger charge is -2.35. The molecular weight excluding hydrogens is 490 g/mol. The van der Waals surface area contributed by atoms with E-state index < -0.39 is 53.8 Å². The van der Waals surface area contributed by atoms with Gasteiger partial charge in [-0.25, -0.2) is 0 Å². The Balaban J connectivity index is 1.49. The number of benzene rings is 1. The van der Waals surface area contributed by atoms with Crippen molar-refractivity contribution in [3.63, 3.8) is 0 Å². The van der Waals surface area contributed by atoms with Crippen molar-refractivity contribution in [1.82, 2.24) is 15.1 Å². The lowest BCUT2D eigenvalue weighted by molar-refractivity contribution is -0.163. The molecular formula is C23H24F6N6O. The molecule has 1 aromatic heterocycles. The second-order valence-corrected chi connectivity index (χ2v) is 9.27. The normalized spacial score (nSPS) is 23.6. The number of aromatic nitrogens is 2. The average molecular weight is 514 g/mol. The Morgan fingerprint density at radius 3 is 2.31 bits per heavy atom. The van der Waals surface area contributed by atoms with Gasteiger partial charge >= 0.3 is 12.4 Å². The summed E-state index contributed by atoms with van der Waals surface area (Å²) in [7, 11) is 0. The van der Waals surface area contributed by atoms with E-state index in [1.165, 1.54) is 23.0 Å². The monoisotopic (exact) mass is 514 g/mol. The number of hydrogen-bond acceptors (Lipinski definition) is 5. The summed E-state index contributed by atoms with van der Waals surface area (Å²) < 4.78 is 80.1. The van der Waals surface area contributed by atoms with Crippen molar-refractivity contribution in [3.8, 4) is 6.07 Å². The van der Waals surface area contributed by atoms with Gasteiger partial charge in [-0.3, -0.25) is 9.48 Å². The maximum absolute atomic E-state index is 13.4. The molecule has 0 aliphatic heterocycles. The number of rotatable bonds is 7. The molecule has 4 N–H and O–H groups in total. The number of amides is 1. The highest BCUT2D eigenvalue weighted by molar-refractivity contribution is 5.98. The van der Waals surface area contributed by atoms with Gasteiger partial charge in [-0.15, -0.1) is 0 Å². The third-order valence-electron chi connectivity index (χ3n) is 6.65. The Hall–Kier alpha value is -3.27. The predicted octanol–water partition coefficient (Wildman–Crippen LogP) is 4.91. The molecule has 2 aromatic rings. The molecule has 0 saturated heterocycles. The first-order chi connectivity index (χ1) is 16.9. The Morgan fingerprint density at radius 1 is 1.11 bits per heavy atom. The molecule has 2 aliphatic carbocycles. The number of nitriles is 1. The first-order valence-corrected chi connectivity index (χ1v) is 11.4. The average Bonchev–Trinajstić information content (AvgIpc) is 3.55. The molecule has 0 radical (unpaired) electrons. The van der Waals surface area contributed by atoms with Crippen LogP contribution in [-0.2, 0) is 6.18 Å². The summed E-state index contributed by atoms with van der Waals surface area (Å²) in [6.07, 6.45) is -5.60. The van der Waals surface area contributed by atoms with E-state index in [9.17, 15) is 36.4 Å². The second-order valence-electron chi connectivity index (χ2n) is 9.27. The summed E-state index contributed by atoms with van der Waals surface area (Å²) in [5.41, 5.74) is 4.81. The second kappa shape index (κ2) is 9.65. The van der Waals surface area contributed by atoms with Gasteiger partial charge in [0.1, 0.15) is 11.6 Å². The van der Waals surface area contributed by atoms with Crippen LogP contribution < -0.4 is 16.4 Å². The van der Waals surface area contributed by atoms with E-state index in [4.69, 9.17) is 5.73 Å². The van der Waals surface area contributed by atoms with Gasteiger partial charge in [0.15, 0.2) is 5.82 Å². The van der Waals surface area contributed by atoms with Crippen LogP contribution in [0.5, 0.6) is 0 Å². The largest absolute Gasteiger partial charge is 0.416 e. The van der Waals surface area contributed by atoms with Crippen LogP contribution in [0, 0.1) is 23.2 Å². The molecule has 1 heterocycles. The Morgan fingerprint density at radius 2 is 1.78 bits per heavy atom. The summed E-state index contributed by atoms with van der Waals surface area (Å²) in [5.74, 6) is -1.95. The molecule has 13 heteroatoms. The summed E-state index contributed by atoms with van der Waals surface area (Å²) in [6, 6.07) is 3.65. The number of anilines is 2. The fraction of sp³-hybridized carbons (Fsp3) is 0.522. The Labute approximate surface area is 202 Å². The number of nitrogens with two attached hydrogens (primary N) is 1. The van der Waals surface area contributed by atoms with E-state index >= 15 is 0 Å². The van der Waals surface area contributed by atoms with E-state index in [1.807, 2.05) is 0 Å². The van der Waals surface area contributed by atoms with Crippen LogP contribution >= 0.6 is 0 Å². The fourth-order valence-electron chi connectivity index (χ4n) is 4.66. The summed E-state index contributed by atoms with van der Waals surface area (Å²) >= 11 is 0. The van der Waals surface area contributed by atoms with E-state index in [1.54, 1.807) is 0 Å². The molecule has 194 valence electrons. The third-order valence-corrected chi connectivity index (χ3v) is 6.65. The van der Waals surface area contributed by atoms with Gasteiger partial charge in [-0.05, 0) is 62.3 Å². The van der Waals surface area contributed by atoms with Crippen LogP contribution in [-0.4, -0.2) is 33.9 Å². The number of primary amides is 1. The van der Waals surface area contributed by atoms with E-state index in [0.29, 0.717) is 25.7 Å². The molecule has 1 aromatic carbocycles. The zero-order valence-electron chi connectivity index (χ0n) is 18.9. The minimum atomic E-state index is -4.50. The minimum absolute atomic E-state index is 0.00469. The number of alkyl halides is 6. The number of nitrogens with zero attached hydrogens (tertiary/aromatic N) is 3. The number of hydrogen-bond donors (Lipinski definition) is 3. The van der Waals surface area contributed by atoms with E-state index in [0.717, 1.165) is 12.1 Å². The van der Waals surface area contributed by atoms with Gasteiger partial charge in [0.2, 0.25) is 0 Å². The molecule has 7 nitrogen and oxygen atoms in total. The van der Waals surface area contributed by atoms with Crippen molar-refractivity contribution in [1.29, 1.82) is 5.26 Å². The molecule has 4 rings (SSSR count). The van der Waals surface area contributed by atoms with Crippen LogP contribution in [0.2, 0.25) is 0 Å². The van der Waals surface area contributed by atoms with E-state index in [-0.39, 0.29) is 23.5 Å². The smallest absolute Gasteiger partial charge is 0.365 e. The molecule has 2 fully saturated rings. The van der Waals surface area contributed by atoms with Crippen molar-refractivity contribution >= 4 is 17.4 Å². The zero-order valence-corrected chi connectivity index (χ0v) is 18.9. The number of nitrogens with one attached hydrogen (secondary N) is 2. The number of halogens is 6. The Bertz CT molecular complexity index is 1130. The maximum atomic E-state index is 13.4. The molecule has 1 amide bonds. The van der Waals surface area contributed by atoms with Crippen molar-refractivity contribution < 1.29 is 31.1 Å². The number of carbonyl (C=O) groups excluding carboxylic acids is 1. The quantitative estimate of drug-likeness (QED) is 0.455. The lowest BCUT2D eigenvalue weighted by atomic mass is 9.82. The highest BCUT2D eigenvalue weighted by Crippen LogP contribution is 2.42. The topological polar surface area (TPSA) is 109 Å². The highest BCUT2D eigenvalue weighted by atomic mass is 19.4. The first kappa shape index (κ1) is 25.8. The molecule has 0 unspecified atom stereocenters. The zero-order chi connectivity index (χ0) is 26.3. The minimum Gasteiger partial charge on any atom is -0.365 e. The molecule has 4 atom stereocenters. The van der Waals surface area contributed by atoms with Crippen molar-refractivity contribution in [2.75, 3.05) is 5.32 Å². The van der Waals surface area contributed by atoms with Crippen LogP contribution in [0.4, 0.5) is 37.8 Å². The lowest BCUT2D eigenvalue weighted by Crippen LogP contribution is -2.50. The molecule has 0 bridgehead atoms. The van der Waals surface area contributed by atoms with Gasteiger partial charge in [0, 0.05) is 17.9 Å². The predicted molar refractivity (Wildman–Crippen MR) is 117 cm³/mol.